The molecule has 0 aromatic heterocycles. The molecule has 3 nitrogen and oxygen atoms in total. The van der Waals surface area contributed by atoms with E-state index in [1.165, 1.54) is 372 Å². The fourth-order valence-corrected chi connectivity index (χ4v) is 14.2. The van der Waals surface area contributed by atoms with E-state index in [9.17, 15) is 0 Å². The maximum Gasteiger partial charge on any atom is 0.118 e. The van der Waals surface area contributed by atoms with Gasteiger partial charge in [-0.3, -0.25) is 0 Å². The standard InChI is InChI=1S/C78H154O3/c1-9-11-13-15-17-19-21-23-25-31-37-43-49-55-61-67-77(75(7)71-79-75,69-63-57-51-45-39-33-27-29-35-41-47-53-59-65-73(3)4)81-78(76(8)72-80-76,68-62-56-50-44-38-32-26-24-22-20-18-16-14-12-10-2)70-64-58-52-46-40-34-28-30-36-42-48-54-60-66-74(5)6/h73-74H,9-72H2,1-8H3. The molecule has 0 bridgehead atoms. The lowest BCUT2D eigenvalue weighted by molar-refractivity contribution is -0.223. The molecule has 81 heavy (non-hydrogen) atoms. The Morgan fingerprint density at radius 2 is 0.407 bits per heavy atom. The lowest BCUT2D eigenvalue weighted by Gasteiger charge is -2.49. The van der Waals surface area contributed by atoms with Gasteiger partial charge < -0.3 is 14.2 Å². The Balaban J connectivity index is 2.05. The monoisotopic (exact) mass is 1140 g/mol. The molecule has 3 heteroatoms. The third-order valence-corrected chi connectivity index (χ3v) is 20.6. The molecule has 0 saturated carbocycles. The molecule has 2 fully saturated rings. The van der Waals surface area contributed by atoms with E-state index in [-0.39, 0.29) is 22.4 Å². The van der Waals surface area contributed by atoms with Gasteiger partial charge in [0.1, 0.15) is 11.2 Å². The Labute approximate surface area is 512 Å². The van der Waals surface area contributed by atoms with Crippen molar-refractivity contribution in [2.24, 2.45) is 11.8 Å². The number of ether oxygens (including phenoxy) is 3. The predicted molar refractivity (Wildman–Crippen MR) is 363 cm³/mol. The lowest BCUT2D eigenvalue weighted by atomic mass is 9.74. The highest BCUT2D eigenvalue weighted by atomic mass is 16.7. The summed E-state index contributed by atoms with van der Waals surface area (Å²) in [5.74, 6) is 1.74. The molecule has 2 aliphatic rings. The summed E-state index contributed by atoms with van der Waals surface area (Å²) in [6.45, 7) is 20.8. The largest absolute Gasteiger partial charge is 0.367 e. The van der Waals surface area contributed by atoms with Gasteiger partial charge in [0.25, 0.3) is 0 Å². The molecule has 0 N–H and O–H groups in total. The van der Waals surface area contributed by atoms with Crippen LogP contribution in [0.25, 0.3) is 0 Å². The van der Waals surface area contributed by atoms with Crippen molar-refractivity contribution in [2.45, 2.75) is 476 Å². The molecule has 0 aromatic carbocycles. The van der Waals surface area contributed by atoms with Crippen LogP contribution in [0.3, 0.4) is 0 Å². The Hall–Kier alpha value is -0.120. The van der Waals surface area contributed by atoms with Crippen molar-refractivity contribution in [3.05, 3.63) is 0 Å². The Bertz CT molecular complexity index is 1190. The minimum Gasteiger partial charge on any atom is -0.367 e. The van der Waals surface area contributed by atoms with Crippen LogP contribution in [-0.4, -0.2) is 35.6 Å². The maximum absolute atomic E-state index is 8.32. The Morgan fingerprint density at radius 1 is 0.259 bits per heavy atom. The Morgan fingerprint density at radius 3 is 0.556 bits per heavy atom. The van der Waals surface area contributed by atoms with E-state index in [0.29, 0.717) is 0 Å². The first kappa shape index (κ1) is 77.0. The van der Waals surface area contributed by atoms with Gasteiger partial charge in [0.15, 0.2) is 0 Å². The van der Waals surface area contributed by atoms with Crippen LogP contribution >= 0.6 is 0 Å². The van der Waals surface area contributed by atoms with Gasteiger partial charge in [-0.05, 0) is 51.4 Å². The van der Waals surface area contributed by atoms with Crippen LogP contribution in [0.4, 0.5) is 0 Å². The number of hydrogen-bond donors (Lipinski definition) is 0. The number of rotatable bonds is 68. The van der Waals surface area contributed by atoms with Crippen molar-refractivity contribution in [2.75, 3.05) is 13.2 Å². The average molecular weight is 1140 g/mol. The topological polar surface area (TPSA) is 34.3 Å². The molecule has 2 saturated heterocycles. The second kappa shape index (κ2) is 53.0. The normalized spacial score (nSPS) is 18.6. The van der Waals surface area contributed by atoms with Crippen LogP contribution in [0.15, 0.2) is 0 Å². The van der Waals surface area contributed by atoms with Crippen molar-refractivity contribution in [3.63, 3.8) is 0 Å². The molecule has 0 aromatic rings. The maximum atomic E-state index is 8.32. The minimum absolute atomic E-state index is 0.170. The highest BCUT2D eigenvalue weighted by Crippen LogP contribution is 2.55. The van der Waals surface area contributed by atoms with Crippen molar-refractivity contribution in [1.29, 1.82) is 0 Å². The molecule has 0 radical (unpaired) electrons. The average Bonchev–Trinajstić information content (AvgIpc) is 4.52. The molecule has 0 spiro atoms. The van der Waals surface area contributed by atoms with E-state index >= 15 is 0 Å². The van der Waals surface area contributed by atoms with E-state index in [1.807, 2.05) is 0 Å². The van der Waals surface area contributed by atoms with Crippen LogP contribution in [0.5, 0.6) is 0 Å². The summed E-state index contributed by atoms with van der Waals surface area (Å²) < 4.78 is 21.7. The van der Waals surface area contributed by atoms with Crippen LogP contribution in [-0.2, 0) is 14.2 Å². The van der Waals surface area contributed by atoms with Crippen LogP contribution in [0, 0.1) is 11.8 Å². The first-order valence-corrected chi connectivity index (χ1v) is 38.6. The van der Waals surface area contributed by atoms with Gasteiger partial charge in [-0.25, -0.2) is 0 Å². The molecule has 4 unspecified atom stereocenters. The minimum atomic E-state index is -0.225. The van der Waals surface area contributed by atoms with E-state index in [0.717, 1.165) is 50.7 Å². The molecule has 2 rings (SSSR count). The summed E-state index contributed by atoms with van der Waals surface area (Å²) in [7, 11) is 0. The van der Waals surface area contributed by atoms with E-state index < -0.39 is 0 Å². The van der Waals surface area contributed by atoms with Crippen LogP contribution in [0.2, 0.25) is 0 Å². The quantitative estimate of drug-likeness (QED) is 0.0450. The van der Waals surface area contributed by atoms with E-state index in [2.05, 4.69) is 55.4 Å². The molecule has 4 atom stereocenters. The van der Waals surface area contributed by atoms with Gasteiger partial charge in [0, 0.05) is 0 Å². The molecule has 0 amide bonds. The van der Waals surface area contributed by atoms with E-state index in [4.69, 9.17) is 14.2 Å². The molecule has 484 valence electrons. The number of unbranched alkanes of at least 4 members (excludes halogenated alkanes) is 52. The molecular weight excluding hydrogens is 985 g/mol. The highest BCUT2D eigenvalue weighted by Gasteiger charge is 2.66. The van der Waals surface area contributed by atoms with Gasteiger partial charge in [-0.2, -0.15) is 0 Å². The van der Waals surface area contributed by atoms with Crippen LogP contribution in [0.1, 0.15) is 453 Å². The first-order valence-electron chi connectivity index (χ1n) is 38.6. The number of epoxide rings is 2. The van der Waals surface area contributed by atoms with Gasteiger partial charge in [-0.1, -0.05) is 414 Å². The summed E-state index contributed by atoms with van der Waals surface area (Å²) in [6.07, 6.45) is 86.7. The van der Waals surface area contributed by atoms with Gasteiger partial charge >= 0.3 is 0 Å². The predicted octanol–water partition coefficient (Wildman–Crippen LogP) is 27.6. The third kappa shape index (κ3) is 41.6. The van der Waals surface area contributed by atoms with Crippen molar-refractivity contribution < 1.29 is 14.2 Å². The fourth-order valence-electron chi connectivity index (χ4n) is 14.2. The summed E-state index contributed by atoms with van der Waals surface area (Å²) >= 11 is 0. The Kier molecular flexibility index (Phi) is 50.3. The fraction of sp³-hybridized carbons (Fsp3) is 1.00. The second-order valence-corrected chi connectivity index (χ2v) is 29.6. The molecule has 0 aliphatic carbocycles. The third-order valence-electron chi connectivity index (χ3n) is 20.6. The zero-order valence-electron chi connectivity index (χ0n) is 57.6. The summed E-state index contributed by atoms with van der Waals surface area (Å²) in [6, 6.07) is 0. The second-order valence-electron chi connectivity index (χ2n) is 29.6. The zero-order valence-corrected chi connectivity index (χ0v) is 57.6. The number of hydrogen-bond acceptors (Lipinski definition) is 3. The first-order chi connectivity index (χ1) is 39.6. The zero-order chi connectivity index (χ0) is 58.5. The van der Waals surface area contributed by atoms with Gasteiger partial charge in [0.05, 0.1) is 24.4 Å². The van der Waals surface area contributed by atoms with Gasteiger partial charge in [0.2, 0.25) is 0 Å². The summed E-state index contributed by atoms with van der Waals surface area (Å²) in [4.78, 5) is 0. The van der Waals surface area contributed by atoms with Crippen molar-refractivity contribution >= 4 is 0 Å². The molecule has 2 aliphatic heterocycles. The highest BCUT2D eigenvalue weighted by molar-refractivity contribution is 5.14. The summed E-state index contributed by atoms with van der Waals surface area (Å²) in [5.41, 5.74) is -0.790. The molecular formula is C78H154O3. The van der Waals surface area contributed by atoms with Crippen molar-refractivity contribution in [1.82, 2.24) is 0 Å². The smallest absolute Gasteiger partial charge is 0.118 e. The van der Waals surface area contributed by atoms with Crippen molar-refractivity contribution in [3.8, 4) is 0 Å². The van der Waals surface area contributed by atoms with E-state index in [1.54, 1.807) is 0 Å². The SMILES string of the molecule is CCCCCCCCCCCCCCCCCC(CCCCCCCCCCCCCCCC(C)C)(OC(CCCCCCCCCCCCCCCCC)(CCCCCCCCCCCCCCCC(C)C)C1(C)CO1)C1(C)CO1. The van der Waals surface area contributed by atoms with Crippen LogP contribution < -0.4 is 0 Å². The molecule has 2 heterocycles. The summed E-state index contributed by atoms with van der Waals surface area (Å²) in [5, 5.41) is 0. The van der Waals surface area contributed by atoms with Gasteiger partial charge in [-0.15, -0.1) is 0 Å². The lowest BCUT2D eigenvalue weighted by Crippen LogP contribution is -2.58.